The van der Waals surface area contributed by atoms with Gasteiger partial charge in [0.1, 0.15) is 0 Å². The van der Waals surface area contributed by atoms with Gasteiger partial charge in [-0.1, -0.05) is 18.6 Å². The van der Waals surface area contributed by atoms with Crippen LogP contribution in [0.3, 0.4) is 0 Å². The fraction of sp³-hybridized carbons (Fsp3) is 0.500. The smallest absolute Gasteiger partial charge is 0.229 e. The van der Waals surface area contributed by atoms with Gasteiger partial charge in [-0.15, -0.1) is 12.4 Å². The SMILES string of the molecule is Cl.NC1CCCC(C(=O)Nc2ccc(CN3C(=O)CCC3=O)cc2)C1. The number of imide groups is 1. The predicted molar refractivity (Wildman–Crippen MR) is 97.0 cm³/mol. The van der Waals surface area contributed by atoms with Crippen molar-refractivity contribution in [1.29, 1.82) is 0 Å². The van der Waals surface area contributed by atoms with Crippen LogP contribution in [0.25, 0.3) is 0 Å². The molecule has 0 spiro atoms. The molecule has 3 rings (SSSR count). The number of amides is 3. The lowest BCUT2D eigenvalue weighted by Crippen LogP contribution is -2.34. The molecule has 1 aliphatic heterocycles. The zero-order valence-electron chi connectivity index (χ0n) is 14.1. The van der Waals surface area contributed by atoms with Gasteiger partial charge in [-0.25, -0.2) is 0 Å². The first-order valence-corrected chi connectivity index (χ1v) is 8.51. The van der Waals surface area contributed by atoms with Gasteiger partial charge < -0.3 is 11.1 Å². The Morgan fingerprint density at radius 3 is 2.36 bits per heavy atom. The molecule has 3 amide bonds. The summed E-state index contributed by atoms with van der Waals surface area (Å²) >= 11 is 0. The molecule has 2 atom stereocenters. The van der Waals surface area contributed by atoms with E-state index in [1.165, 1.54) is 4.90 Å². The number of anilines is 1. The van der Waals surface area contributed by atoms with Crippen molar-refractivity contribution in [2.24, 2.45) is 11.7 Å². The summed E-state index contributed by atoms with van der Waals surface area (Å²) in [6.07, 6.45) is 4.22. The summed E-state index contributed by atoms with van der Waals surface area (Å²) in [4.78, 5) is 36.9. The number of nitrogens with one attached hydrogen (secondary N) is 1. The molecular formula is C18H24ClN3O3. The van der Waals surface area contributed by atoms with Gasteiger partial charge in [-0.05, 0) is 37.0 Å². The average Bonchev–Trinajstić information content (AvgIpc) is 2.88. The molecule has 0 bridgehead atoms. The summed E-state index contributed by atoms with van der Waals surface area (Å²) < 4.78 is 0. The Kier molecular flexibility index (Phi) is 6.56. The molecule has 0 aromatic heterocycles. The highest BCUT2D eigenvalue weighted by Crippen LogP contribution is 2.25. The quantitative estimate of drug-likeness (QED) is 0.800. The summed E-state index contributed by atoms with van der Waals surface area (Å²) in [5, 5.41) is 2.93. The van der Waals surface area contributed by atoms with Crippen LogP contribution in [0, 0.1) is 5.92 Å². The zero-order chi connectivity index (χ0) is 17.1. The molecule has 25 heavy (non-hydrogen) atoms. The number of benzene rings is 1. The van der Waals surface area contributed by atoms with Crippen LogP contribution in [-0.2, 0) is 20.9 Å². The second-order valence-corrected chi connectivity index (χ2v) is 6.68. The van der Waals surface area contributed by atoms with Crippen molar-refractivity contribution in [2.45, 2.75) is 51.1 Å². The fourth-order valence-corrected chi connectivity index (χ4v) is 3.39. The second-order valence-electron chi connectivity index (χ2n) is 6.68. The highest BCUT2D eigenvalue weighted by molar-refractivity contribution is 6.01. The molecule has 2 aliphatic rings. The van der Waals surface area contributed by atoms with Crippen LogP contribution in [0.1, 0.15) is 44.1 Å². The Bertz CT molecular complexity index is 631. The minimum Gasteiger partial charge on any atom is -0.328 e. The Hall–Kier alpha value is -1.92. The molecule has 136 valence electrons. The summed E-state index contributed by atoms with van der Waals surface area (Å²) in [6, 6.07) is 7.40. The Labute approximate surface area is 153 Å². The van der Waals surface area contributed by atoms with Gasteiger partial charge in [-0.2, -0.15) is 0 Å². The number of likely N-dealkylation sites (tertiary alicyclic amines) is 1. The van der Waals surface area contributed by atoms with E-state index in [1.807, 2.05) is 12.1 Å². The number of hydrogen-bond acceptors (Lipinski definition) is 4. The lowest BCUT2D eigenvalue weighted by molar-refractivity contribution is -0.139. The van der Waals surface area contributed by atoms with Gasteiger partial charge in [0.15, 0.2) is 0 Å². The molecule has 1 aliphatic carbocycles. The van der Waals surface area contributed by atoms with E-state index in [9.17, 15) is 14.4 Å². The maximum absolute atomic E-state index is 12.3. The van der Waals surface area contributed by atoms with E-state index in [2.05, 4.69) is 5.32 Å². The van der Waals surface area contributed by atoms with Crippen molar-refractivity contribution in [2.75, 3.05) is 5.32 Å². The first-order chi connectivity index (χ1) is 11.5. The molecule has 6 nitrogen and oxygen atoms in total. The van der Waals surface area contributed by atoms with E-state index in [0.717, 1.165) is 36.9 Å². The number of carbonyl (C=O) groups excluding carboxylic acids is 3. The summed E-state index contributed by atoms with van der Waals surface area (Å²) in [5.41, 5.74) is 7.53. The van der Waals surface area contributed by atoms with E-state index < -0.39 is 0 Å². The Balaban J connectivity index is 0.00000225. The summed E-state index contributed by atoms with van der Waals surface area (Å²) in [7, 11) is 0. The van der Waals surface area contributed by atoms with E-state index in [4.69, 9.17) is 5.73 Å². The van der Waals surface area contributed by atoms with E-state index >= 15 is 0 Å². The largest absolute Gasteiger partial charge is 0.328 e. The van der Waals surface area contributed by atoms with Crippen molar-refractivity contribution in [3.05, 3.63) is 29.8 Å². The third-order valence-electron chi connectivity index (χ3n) is 4.80. The number of hydrogen-bond donors (Lipinski definition) is 2. The van der Waals surface area contributed by atoms with Crippen molar-refractivity contribution in [3.63, 3.8) is 0 Å². The molecule has 0 radical (unpaired) electrons. The van der Waals surface area contributed by atoms with Gasteiger partial charge in [0.05, 0.1) is 6.54 Å². The molecule has 2 fully saturated rings. The third kappa shape index (κ3) is 4.80. The first-order valence-electron chi connectivity index (χ1n) is 8.51. The highest BCUT2D eigenvalue weighted by atomic mass is 35.5. The first kappa shape index (κ1) is 19.4. The topological polar surface area (TPSA) is 92.5 Å². The monoisotopic (exact) mass is 365 g/mol. The van der Waals surface area contributed by atoms with E-state index in [1.54, 1.807) is 12.1 Å². The Morgan fingerprint density at radius 1 is 1.12 bits per heavy atom. The molecular weight excluding hydrogens is 342 g/mol. The molecule has 1 saturated carbocycles. The Morgan fingerprint density at radius 2 is 1.76 bits per heavy atom. The van der Waals surface area contributed by atoms with Crippen molar-refractivity contribution in [1.82, 2.24) is 4.90 Å². The molecule has 1 heterocycles. The van der Waals surface area contributed by atoms with Crippen LogP contribution >= 0.6 is 12.4 Å². The van der Waals surface area contributed by atoms with Crippen LogP contribution in [0.5, 0.6) is 0 Å². The molecule has 1 saturated heterocycles. The van der Waals surface area contributed by atoms with Crippen molar-refractivity contribution < 1.29 is 14.4 Å². The normalized spacial score (nSPS) is 23.3. The van der Waals surface area contributed by atoms with Crippen LogP contribution < -0.4 is 11.1 Å². The van der Waals surface area contributed by atoms with Crippen LogP contribution in [0.15, 0.2) is 24.3 Å². The number of nitrogens with zero attached hydrogens (tertiary/aromatic N) is 1. The second kappa shape index (κ2) is 8.45. The number of nitrogens with two attached hydrogens (primary N) is 1. The van der Waals surface area contributed by atoms with Gasteiger partial charge in [-0.3, -0.25) is 19.3 Å². The minimum atomic E-state index is -0.119. The fourth-order valence-electron chi connectivity index (χ4n) is 3.39. The van der Waals surface area contributed by atoms with Gasteiger partial charge in [0, 0.05) is 30.5 Å². The zero-order valence-corrected chi connectivity index (χ0v) is 14.9. The maximum Gasteiger partial charge on any atom is 0.229 e. The minimum absolute atomic E-state index is 0. The number of halogens is 1. The lowest BCUT2D eigenvalue weighted by Gasteiger charge is -2.25. The molecule has 7 heteroatoms. The molecule has 1 aromatic carbocycles. The lowest BCUT2D eigenvalue weighted by atomic mass is 9.85. The summed E-state index contributed by atoms with van der Waals surface area (Å²) in [6.45, 7) is 0.295. The number of carbonyl (C=O) groups is 3. The van der Waals surface area contributed by atoms with Crippen LogP contribution in [-0.4, -0.2) is 28.7 Å². The van der Waals surface area contributed by atoms with Gasteiger partial charge in [0.2, 0.25) is 17.7 Å². The van der Waals surface area contributed by atoms with Crippen LogP contribution in [0.2, 0.25) is 0 Å². The average molecular weight is 366 g/mol. The summed E-state index contributed by atoms with van der Waals surface area (Å²) in [5.74, 6) is -0.242. The van der Waals surface area contributed by atoms with Gasteiger partial charge >= 0.3 is 0 Å². The molecule has 3 N–H and O–H groups in total. The maximum atomic E-state index is 12.3. The van der Waals surface area contributed by atoms with Gasteiger partial charge in [0.25, 0.3) is 0 Å². The predicted octanol–water partition coefficient (Wildman–Crippen LogP) is 2.21. The van der Waals surface area contributed by atoms with Crippen molar-refractivity contribution >= 4 is 35.8 Å². The van der Waals surface area contributed by atoms with Crippen molar-refractivity contribution in [3.8, 4) is 0 Å². The number of rotatable bonds is 4. The van der Waals surface area contributed by atoms with Crippen LogP contribution in [0.4, 0.5) is 5.69 Å². The van der Waals surface area contributed by atoms with E-state index in [-0.39, 0.29) is 42.1 Å². The standard InChI is InChI=1S/C18H23N3O3.ClH/c19-14-3-1-2-13(10-14)18(24)20-15-6-4-12(5-7-15)11-21-16(22)8-9-17(21)23;/h4-7,13-14H,1-3,8-11,19H2,(H,20,24);1H. The molecule has 2 unspecified atom stereocenters. The van der Waals surface area contributed by atoms with E-state index in [0.29, 0.717) is 19.4 Å². The molecule has 1 aromatic rings. The third-order valence-corrected chi connectivity index (χ3v) is 4.80. The highest BCUT2D eigenvalue weighted by Gasteiger charge is 2.28.